The van der Waals surface area contributed by atoms with Crippen LogP contribution >= 0.6 is 0 Å². The molecule has 0 aromatic heterocycles. The first-order chi connectivity index (χ1) is 17.9. The first-order valence-corrected chi connectivity index (χ1v) is 15.8. The number of carbonyl (C=O) groups excluding carboxylic acids is 1. The van der Waals surface area contributed by atoms with Gasteiger partial charge in [0, 0.05) is 0 Å². The maximum absolute atomic E-state index is 12.4. The SMILES string of the molecule is CC(C)CCCC(C)C1CCC2C3C=CC4CC(OC(=O)OC[N+](C)(C)CCO)CCC4(C)C3CCC12C. The van der Waals surface area contributed by atoms with E-state index in [1.165, 1.54) is 44.9 Å². The average Bonchev–Trinajstić information content (AvgIpc) is 3.20. The fourth-order valence-corrected chi connectivity index (χ4v) is 9.45. The van der Waals surface area contributed by atoms with Crippen LogP contribution in [-0.2, 0) is 9.47 Å². The molecule has 0 radical (unpaired) electrons. The summed E-state index contributed by atoms with van der Waals surface area (Å²) in [5, 5.41) is 9.20. The molecule has 9 atom stereocenters. The summed E-state index contributed by atoms with van der Waals surface area (Å²) in [6.07, 6.45) is 17.2. The molecule has 5 nitrogen and oxygen atoms in total. The number of allylic oxidation sites excluding steroid dienone is 2. The molecule has 1 N–H and O–H groups in total. The Hall–Kier alpha value is -1.07. The number of nitrogens with zero attached hydrogens (tertiary/aromatic N) is 1. The van der Waals surface area contributed by atoms with Gasteiger partial charge in [-0.05, 0) is 97.2 Å². The van der Waals surface area contributed by atoms with Crippen molar-refractivity contribution in [1.82, 2.24) is 0 Å². The molecular weight excluding hydrogens is 474 g/mol. The molecule has 218 valence electrons. The molecule has 0 saturated heterocycles. The second kappa shape index (κ2) is 11.8. The number of ether oxygens (including phenoxy) is 2. The van der Waals surface area contributed by atoms with Crippen LogP contribution in [0.25, 0.3) is 0 Å². The topological polar surface area (TPSA) is 55.8 Å². The van der Waals surface area contributed by atoms with E-state index < -0.39 is 6.16 Å². The summed E-state index contributed by atoms with van der Waals surface area (Å²) in [5.74, 6) is 5.34. The maximum Gasteiger partial charge on any atom is 0.512 e. The van der Waals surface area contributed by atoms with E-state index in [0.717, 1.165) is 54.8 Å². The molecular formula is C33H58NO4+. The standard InChI is InChI=1S/C33H58NO4/c1-23(2)9-8-10-24(3)28-13-14-29-27-12-11-25-21-26(38-31(36)37-22-34(6,7)19-20-35)15-17-32(25,4)30(27)16-18-33(28,29)5/h11-12,23-30,35H,8-10,13-22H2,1-7H3/q+1. The van der Waals surface area contributed by atoms with Crippen molar-refractivity contribution in [2.24, 2.45) is 52.3 Å². The highest BCUT2D eigenvalue weighted by molar-refractivity contribution is 5.60. The Kier molecular flexibility index (Phi) is 9.29. The molecule has 0 aliphatic heterocycles. The predicted octanol–water partition coefficient (Wildman–Crippen LogP) is 7.43. The summed E-state index contributed by atoms with van der Waals surface area (Å²) < 4.78 is 11.6. The summed E-state index contributed by atoms with van der Waals surface area (Å²) in [6, 6.07) is 0. The smallest absolute Gasteiger partial charge is 0.431 e. The molecule has 0 aromatic rings. The van der Waals surface area contributed by atoms with Crippen molar-refractivity contribution >= 4 is 6.16 Å². The van der Waals surface area contributed by atoms with Crippen LogP contribution in [-0.4, -0.2) is 55.8 Å². The third kappa shape index (κ3) is 6.14. The molecule has 4 aliphatic carbocycles. The van der Waals surface area contributed by atoms with Crippen LogP contribution in [0.1, 0.15) is 98.8 Å². The lowest BCUT2D eigenvalue weighted by atomic mass is 9.46. The third-order valence-corrected chi connectivity index (χ3v) is 11.8. The van der Waals surface area contributed by atoms with Crippen LogP contribution in [0.15, 0.2) is 12.2 Å². The molecule has 4 rings (SSSR count). The van der Waals surface area contributed by atoms with Gasteiger partial charge in [0.25, 0.3) is 0 Å². The second-order valence-corrected chi connectivity index (χ2v) is 15.2. The lowest BCUT2D eigenvalue weighted by molar-refractivity contribution is -0.907. The lowest BCUT2D eigenvalue weighted by Gasteiger charge is -2.59. The number of aliphatic hydroxyl groups excluding tert-OH is 1. The average molecular weight is 533 g/mol. The molecule has 0 aromatic carbocycles. The number of likely N-dealkylation sites (N-methyl/N-ethyl adjacent to an activating group) is 1. The summed E-state index contributed by atoms with van der Waals surface area (Å²) >= 11 is 0. The van der Waals surface area contributed by atoms with E-state index in [0.29, 0.717) is 27.8 Å². The molecule has 3 fully saturated rings. The zero-order valence-corrected chi connectivity index (χ0v) is 25.6. The number of carbonyl (C=O) groups is 1. The van der Waals surface area contributed by atoms with Crippen LogP contribution in [0.2, 0.25) is 0 Å². The zero-order valence-electron chi connectivity index (χ0n) is 25.6. The Morgan fingerprint density at radius 3 is 2.42 bits per heavy atom. The summed E-state index contributed by atoms with van der Waals surface area (Å²) in [5.41, 5.74) is 0.809. The Morgan fingerprint density at radius 2 is 1.71 bits per heavy atom. The van der Waals surface area contributed by atoms with Gasteiger partial charge in [-0.15, -0.1) is 0 Å². The van der Waals surface area contributed by atoms with Crippen LogP contribution < -0.4 is 0 Å². The number of hydrogen-bond donors (Lipinski definition) is 1. The third-order valence-electron chi connectivity index (χ3n) is 11.8. The van der Waals surface area contributed by atoms with Crippen molar-refractivity contribution in [2.75, 3.05) is 34.0 Å². The molecule has 3 saturated carbocycles. The van der Waals surface area contributed by atoms with Crippen LogP contribution in [0.4, 0.5) is 4.79 Å². The summed E-state index contributed by atoms with van der Waals surface area (Å²) in [7, 11) is 3.88. The van der Waals surface area contributed by atoms with Gasteiger partial charge in [-0.3, -0.25) is 4.48 Å². The Balaban J connectivity index is 1.36. The van der Waals surface area contributed by atoms with Gasteiger partial charge >= 0.3 is 6.16 Å². The second-order valence-electron chi connectivity index (χ2n) is 15.2. The first-order valence-electron chi connectivity index (χ1n) is 15.8. The van der Waals surface area contributed by atoms with Crippen molar-refractivity contribution in [3.63, 3.8) is 0 Å². The van der Waals surface area contributed by atoms with E-state index in [2.05, 4.69) is 46.8 Å². The molecule has 4 aliphatic rings. The Morgan fingerprint density at radius 1 is 1.00 bits per heavy atom. The van der Waals surface area contributed by atoms with Gasteiger partial charge in [0.2, 0.25) is 6.73 Å². The largest absolute Gasteiger partial charge is 0.512 e. The van der Waals surface area contributed by atoms with E-state index in [1.54, 1.807) is 0 Å². The molecule has 0 amide bonds. The molecule has 0 bridgehead atoms. The van der Waals surface area contributed by atoms with E-state index in [-0.39, 0.29) is 19.4 Å². The predicted molar refractivity (Wildman–Crippen MR) is 153 cm³/mol. The summed E-state index contributed by atoms with van der Waals surface area (Å²) in [6.45, 7) is 13.3. The highest BCUT2D eigenvalue weighted by atomic mass is 16.7. The van der Waals surface area contributed by atoms with Gasteiger partial charge in [0.1, 0.15) is 12.6 Å². The monoisotopic (exact) mass is 532 g/mol. The van der Waals surface area contributed by atoms with Gasteiger partial charge in [-0.25, -0.2) is 4.79 Å². The number of hydrogen-bond acceptors (Lipinski definition) is 4. The Bertz CT molecular complexity index is 839. The Labute approximate surface area is 233 Å². The lowest BCUT2D eigenvalue weighted by Crippen LogP contribution is -2.52. The summed E-state index contributed by atoms with van der Waals surface area (Å²) in [4.78, 5) is 12.4. The van der Waals surface area contributed by atoms with Crippen LogP contribution in [0.3, 0.4) is 0 Å². The van der Waals surface area contributed by atoms with Crippen molar-refractivity contribution in [2.45, 2.75) is 105 Å². The number of fused-ring (bicyclic) bond motifs is 5. The highest BCUT2D eigenvalue weighted by Gasteiger charge is 2.59. The minimum absolute atomic E-state index is 0.0633. The number of quaternary nitrogens is 1. The van der Waals surface area contributed by atoms with E-state index in [9.17, 15) is 9.90 Å². The number of rotatable bonds is 10. The van der Waals surface area contributed by atoms with Gasteiger partial charge in [-0.2, -0.15) is 0 Å². The minimum Gasteiger partial charge on any atom is -0.431 e. The fraction of sp³-hybridized carbons (Fsp3) is 0.909. The molecule has 0 heterocycles. The fourth-order valence-electron chi connectivity index (χ4n) is 9.45. The highest BCUT2D eigenvalue weighted by Crippen LogP contribution is 2.67. The van der Waals surface area contributed by atoms with Gasteiger partial charge in [0.15, 0.2) is 0 Å². The minimum atomic E-state index is -0.562. The van der Waals surface area contributed by atoms with Gasteiger partial charge in [-0.1, -0.05) is 66.0 Å². The maximum atomic E-state index is 12.4. The molecule has 9 unspecified atom stereocenters. The first kappa shape index (κ1) is 29.9. The van der Waals surface area contributed by atoms with E-state index in [1.807, 2.05) is 14.1 Å². The van der Waals surface area contributed by atoms with Crippen molar-refractivity contribution in [3.05, 3.63) is 12.2 Å². The quantitative estimate of drug-likeness (QED) is 0.138. The molecule has 0 spiro atoms. The van der Waals surface area contributed by atoms with Crippen molar-refractivity contribution < 1.29 is 23.9 Å². The van der Waals surface area contributed by atoms with Crippen LogP contribution in [0.5, 0.6) is 0 Å². The van der Waals surface area contributed by atoms with Crippen LogP contribution in [0, 0.1) is 52.3 Å². The van der Waals surface area contributed by atoms with E-state index >= 15 is 0 Å². The normalized spacial score (nSPS) is 39.3. The molecule has 38 heavy (non-hydrogen) atoms. The van der Waals surface area contributed by atoms with Gasteiger partial charge < -0.3 is 14.6 Å². The van der Waals surface area contributed by atoms with Gasteiger partial charge in [0.05, 0.1) is 20.7 Å². The molecule has 5 heteroatoms. The van der Waals surface area contributed by atoms with Crippen molar-refractivity contribution in [1.29, 1.82) is 0 Å². The zero-order chi connectivity index (χ0) is 27.7. The number of aliphatic hydroxyl groups is 1. The van der Waals surface area contributed by atoms with E-state index in [4.69, 9.17) is 9.47 Å². The van der Waals surface area contributed by atoms with Crippen molar-refractivity contribution in [3.8, 4) is 0 Å².